The minimum Gasteiger partial charge on any atom is -0.298 e. The SMILES string of the molecule is CCCCCCCCCCc1cc2sc(Cc3sc4c(C=O)c(Cc5cc6sc(C)cc6s5)sc4c3C=O)cc2s1. The van der Waals surface area contributed by atoms with Gasteiger partial charge in [-0.25, -0.2) is 0 Å². The Kier molecular flexibility index (Phi) is 9.54. The largest absolute Gasteiger partial charge is 0.298 e. The first-order valence-corrected chi connectivity index (χ1v) is 19.4. The summed E-state index contributed by atoms with van der Waals surface area (Å²) in [5, 5.41) is 0. The van der Waals surface area contributed by atoms with Crippen molar-refractivity contribution in [2.24, 2.45) is 0 Å². The van der Waals surface area contributed by atoms with Gasteiger partial charge in [-0.3, -0.25) is 9.59 Å². The number of hydrogen-bond acceptors (Lipinski definition) is 8. The lowest BCUT2D eigenvalue weighted by molar-refractivity contribution is 0.111. The second-order valence-electron chi connectivity index (χ2n) is 10.8. The highest BCUT2D eigenvalue weighted by Crippen LogP contribution is 2.44. The van der Waals surface area contributed by atoms with Gasteiger partial charge in [0.05, 0.1) is 9.40 Å². The van der Waals surface area contributed by atoms with Crippen molar-refractivity contribution in [1.29, 1.82) is 0 Å². The molecule has 0 fully saturated rings. The van der Waals surface area contributed by atoms with Gasteiger partial charge in [-0.15, -0.1) is 68.0 Å². The van der Waals surface area contributed by atoms with Crippen molar-refractivity contribution >= 4 is 109 Å². The normalized spacial score (nSPS) is 12.0. The summed E-state index contributed by atoms with van der Waals surface area (Å²) in [5.74, 6) is 0. The van der Waals surface area contributed by atoms with Crippen LogP contribution in [0.25, 0.3) is 28.2 Å². The van der Waals surface area contributed by atoms with Crippen molar-refractivity contribution in [3.63, 3.8) is 0 Å². The highest BCUT2D eigenvalue weighted by Gasteiger charge is 2.22. The molecular formula is C33H34O2S6. The third-order valence-corrected chi connectivity index (χ3v) is 14.8. The monoisotopic (exact) mass is 654 g/mol. The summed E-state index contributed by atoms with van der Waals surface area (Å²) in [5.41, 5.74) is 1.55. The van der Waals surface area contributed by atoms with Crippen LogP contribution < -0.4 is 0 Å². The highest BCUT2D eigenvalue weighted by atomic mass is 32.1. The molecule has 0 saturated carbocycles. The van der Waals surface area contributed by atoms with E-state index in [0.29, 0.717) is 0 Å². The lowest BCUT2D eigenvalue weighted by Crippen LogP contribution is -1.87. The summed E-state index contributed by atoms with van der Waals surface area (Å²) in [6.07, 6.45) is 15.6. The van der Waals surface area contributed by atoms with Gasteiger partial charge < -0.3 is 0 Å². The Balaban J connectivity index is 1.12. The Bertz CT molecular complexity index is 1740. The molecule has 0 spiro atoms. The Morgan fingerprint density at radius 3 is 1.56 bits per heavy atom. The van der Waals surface area contributed by atoms with E-state index >= 15 is 0 Å². The van der Waals surface area contributed by atoms with E-state index in [1.54, 1.807) is 22.7 Å². The average molecular weight is 655 g/mol. The molecule has 0 aliphatic heterocycles. The lowest BCUT2D eigenvalue weighted by Gasteiger charge is -2.01. The van der Waals surface area contributed by atoms with Gasteiger partial charge in [0.2, 0.25) is 0 Å². The number of fused-ring (bicyclic) bond motifs is 3. The van der Waals surface area contributed by atoms with E-state index in [1.807, 2.05) is 45.3 Å². The van der Waals surface area contributed by atoms with Gasteiger partial charge in [0.15, 0.2) is 12.6 Å². The van der Waals surface area contributed by atoms with Crippen LogP contribution in [0.1, 0.15) is 108 Å². The van der Waals surface area contributed by atoms with Gasteiger partial charge in [0, 0.05) is 72.0 Å². The van der Waals surface area contributed by atoms with Gasteiger partial charge in [0.1, 0.15) is 0 Å². The first-order chi connectivity index (χ1) is 20.1. The standard InChI is InChI=1S/C33H34O2S6/c1-3-4-5-6-7-8-9-10-11-21-13-30-31(37-21)17-23(39-30)15-27-25(19-35)33-32(41-27)24(18-34)26(40-33)14-22-16-29-28(38-22)12-20(2)36-29/h12-13,16-19H,3-11,14-15H2,1-2H3. The molecule has 2 nitrogen and oxygen atoms in total. The summed E-state index contributed by atoms with van der Waals surface area (Å²) in [4.78, 5) is 32.1. The van der Waals surface area contributed by atoms with Crippen molar-refractivity contribution in [3.05, 3.63) is 64.7 Å². The van der Waals surface area contributed by atoms with Crippen LogP contribution in [-0.2, 0) is 19.3 Å². The predicted octanol–water partition coefficient (Wildman–Crippen LogP) is 12.3. The Morgan fingerprint density at radius 1 is 0.561 bits per heavy atom. The van der Waals surface area contributed by atoms with Crippen molar-refractivity contribution in [2.45, 2.75) is 84.5 Å². The van der Waals surface area contributed by atoms with Crippen LogP contribution in [0.15, 0.2) is 24.3 Å². The van der Waals surface area contributed by atoms with Crippen LogP contribution in [0.5, 0.6) is 0 Å². The molecular weight excluding hydrogens is 621 g/mol. The number of rotatable bonds is 15. The van der Waals surface area contributed by atoms with Gasteiger partial charge in [-0.1, -0.05) is 51.9 Å². The number of thiophene rings is 6. The fraction of sp³-hybridized carbons (Fsp3) is 0.394. The lowest BCUT2D eigenvalue weighted by atomic mass is 10.1. The molecule has 0 bridgehead atoms. The van der Waals surface area contributed by atoms with E-state index in [1.165, 1.54) is 96.1 Å². The fourth-order valence-electron chi connectivity index (χ4n) is 5.55. The van der Waals surface area contributed by atoms with Gasteiger partial charge >= 0.3 is 0 Å². The third-order valence-electron chi connectivity index (χ3n) is 7.62. The molecule has 0 unspecified atom stereocenters. The Morgan fingerprint density at radius 2 is 1.02 bits per heavy atom. The maximum atomic E-state index is 12.3. The van der Waals surface area contributed by atoms with E-state index in [4.69, 9.17) is 0 Å². The zero-order chi connectivity index (χ0) is 28.3. The molecule has 8 heteroatoms. The first kappa shape index (κ1) is 29.4. The third kappa shape index (κ3) is 6.48. The van der Waals surface area contributed by atoms with E-state index < -0.39 is 0 Å². The minimum absolute atomic E-state index is 0.751. The fourth-order valence-corrected chi connectivity index (χ4v) is 13.4. The average Bonchev–Trinajstić information content (AvgIpc) is 3.76. The van der Waals surface area contributed by atoms with Crippen LogP contribution in [-0.4, -0.2) is 12.6 Å². The Labute approximate surface area is 265 Å². The minimum atomic E-state index is 0.751. The molecule has 0 atom stereocenters. The van der Waals surface area contributed by atoms with E-state index in [0.717, 1.165) is 55.7 Å². The van der Waals surface area contributed by atoms with Crippen molar-refractivity contribution in [3.8, 4) is 0 Å². The van der Waals surface area contributed by atoms with E-state index in [-0.39, 0.29) is 0 Å². The highest BCUT2D eigenvalue weighted by molar-refractivity contribution is 7.30. The summed E-state index contributed by atoms with van der Waals surface area (Å²) >= 11 is 10.7. The molecule has 6 rings (SSSR count). The maximum absolute atomic E-state index is 12.3. The number of aryl methyl sites for hydroxylation is 2. The second-order valence-corrected chi connectivity index (χ2v) is 17.8. The number of hydrogen-bond donors (Lipinski definition) is 0. The molecule has 0 aromatic carbocycles. The van der Waals surface area contributed by atoms with Gasteiger partial charge in [-0.05, 0) is 44.0 Å². The number of carbonyl (C=O) groups excluding carboxylic acids is 2. The smallest absolute Gasteiger partial charge is 0.152 e. The molecule has 0 N–H and O–H groups in total. The van der Waals surface area contributed by atoms with Crippen molar-refractivity contribution in [2.75, 3.05) is 0 Å². The van der Waals surface area contributed by atoms with Crippen LogP contribution in [0, 0.1) is 6.92 Å². The van der Waals surface area contributed by atoms with Gasteiger partial charge in [-0.2, -0.15) is 0 Å². The van der Waals surface area contributed by atoms with Crippen LogP contribution in [0.3, 0.4) is 0 Å². The molecule has 41 heavy (non-hydrogen) atoms. The zero-order valence-corrected chi connectivity index (χ0v) is 28.4. The summed E-state index contributed by atoms with van der Waals surface area (Å²) in [6.45, 7) is 4.42. The van der Waals surface area contributed by atoms with E-state index in [2.05, 4.69) is 38.1 Å². The summed E-state index contributed by atoms with van der Waals surface area (Å²) in [6, 6.07) is 9.21. The molecule has 6 aromatic heterocycles. The topological polar surface area (TPSA) is 34.1 Å². The summed E-state index contributed by atoms with van der Waals surface area (Å²) in [7, 11) is 0. The molecule has 214 valence electrons. The van der Waals surface area contributed by atoms with Crippen LogP contribution >= 0.6 is 68.0 Å². The molecule has 0 radical (unpaired) electrons. The number of unbranched alkanes of at least 4 members (excludes halogenated alkanes) is 7. The molecule has 0 aliphatic rings. The van der Waals surface area contributed by atoms with Crippen LogP contribution in [0.2, 0.25) is 0 Å². The molecule has 6 heterocycles. The molecule has 6 aromatic rings. The Hall–Kier alpha value is -1.68. The zero-order valence-electron chi connectivity index (χ0n) is 23.5. The van der Waals surface area contributed by atoms with Crippen molar-refractivity contribution in [1.82, 2.24) is 0 Å². The number of carbonyl (C=O) groups is 2. The first-order valence-electron chi connectivity index (χ1n) is 14.5. The summed E-state index contributed by atoms with van der Waals surface area (Å²) < 4.78 is 7.34. The molecule has 0 amide bonds. The molecule has 0 saturated heterocycles. The van der Waals surface area contributed by atoms with Gasteiger partial charge in [0.25, 0.3) is 0 Å². The van der Waals surface area contributed by atoms with Crippen LogP contribution in [0.4, 0.5) is 0 Å². The maximum Gasteiger partial charge on any atom is 0.152 e. The molecule has 0 aliphatic carbocycles. The number of aldehydes is 2. The second kappa shape index (κ2) is 13.3. The van der Waals surface area contributed by atoms with E-state index in [9.17, 15) is 9.59 Å². The quantitative estimate of drug-likeness (QED) is 0.0815. The predicted molar refractivity (Wildman–Crippen MR) is 187 cm³/mol. The van der Waals surface area contributed by atoms with Crippen molar-refractivity contribution < 1.29 is 9.59 Å².